The van der Waals surface area contributed by atoms with Gasteiger partial charge in [-0.3, -0.25) is 0 Å². The zero-order valence-electron chi connectivity index (χ0n) is 11.0. The molecule has 2 heterocycles. The molecular weight excluding hydrogens is 268 g/mol. The monoisotopic (exact) mass is 286 g/mol. The molecule has 2 N–H and O–H groups in total. The Labute approximate surface area is 112 Å². The van der Waals surface area contributed by atoms with Crippen LogP contribution >= 0.6 is 0 Å². The van der Waals surface area contributed by atoms with Gasteiger partial charge in [0.2, 0.25) is 0 Å². The molecule has 7 nitrogen and oxygen atoms in total. The number of sulfone groups is 1. The Bertz CT molecular complexity index is 566. The fourth-order valence-electron chi connectivity index (χ4n) is 2.09. The topological polar surface area (TPSA) is 95.2 Å². The van der Waals surface area contributed by atoms with Crippen LogP contribution in [0.3, 0.4) is 0 Å². The molecule has 8 heteroatoms. The molecule has 1 saturated heterocycles. The van der Waals surface area contributed by atoms with E-state index in [-0.39, 0.29) is 23.6 Å². The van der Waals surface area contributed by atoms with Gasteiger partial charge in [-0.25, -0.2) is 18.2 Å². The standard InChI is InChI=1S/C11H18N4O3S/c1-8-5-12-10(14-8)6-13-11(16)15(2)9-3-4-19(17,18)7-9/h5,9H,3-4,6-7H2,1-2H3,(H,12,14)(H,13,16). The maximum atomic E-state index is 11.9. The number of amides is 2. The molecule has 1 aliphatic heterocycles. The quantitative estimate of drug-likeness (QED) is 0.820. The number of hydrogen-bond donors (Lipinski definition) is 2. The molecule has 19 heavy (non-hydrogen) atoms. The lowest BCUT2D eigenvalue weighted by Crippen LogP contribution is -2.44. The van der Waals surface area contributed by atoms with Gasteiger partial charge < -0.3 is 15.2 Å². The van der Waals surface area contributed by atoms with Crippen molar-refractivity contribution in [2.75, 3.05) is 18.6 Å². The van der Waals surface area contributed by atoms with Crippen molar-refractivity contribution in [1.82, 2.24) is 20.2 Å². The van der Waals surface area contributed by atoms with Crippen LogP contribution in [0.2, 0.25) is 0 Å². The van der Waals surface area contributed by atoms with E-state index in [1.807, 2.05) is 6.92 Å². The number of aryl methyl sites for hydroxylation is 1. The average molecular weight is 286 g/mol. The summed E-state index contributed by atoms with van der Waals surface area (Å²) in [6, 6.07) is -0.514. The van der Waals surface area contributed by atoms with Crippen LogP contribution in [0.15, 0.2) is 6.20 Å². The SMILES string of the molecule is Cc1cnc(CNC(=O)N(C)C2CCS(=O)(=O)C2)[nH]1. The summed E-state index contributed by atoms with van der Waals surface area (Å²) in [6.07, 6.45) is 2.20. The highest BCUT2D eigenvalue weighted by Crippen LogP contribution is 2.16. The fraction of sp³-hybridized carbons (Fsp3) is 0.636. The molecule has 0 aromatic carbocycles. The van der Waals surface area contributed by atoms with Crippen LogP contribution in [-0.4, -0.2) is 53.9 Å². The summed E-state index contributed by atoms with van der Waals surface area (Å²) in [6.45, 7) is 2.18. The third-order valence-corrected chi connectivity index (χ3v) is 4.99. The van der Waals surface area contributed by atoms with E-state index < -0.39 is 9.84 Å². The van der Waals surface area contributed by atoms with Gasteiger partial charge in [0, 0.05) is 25.0 Å². The number of carbonyl (C=O) groups excluding carboxylic acids is 1. The molecule has 1 aromatic rings. The largest absolute Gasteiger partial charge is 0.345 e. The number of rotatable bonds is 3. The van der Waals surface area contributed by atoms with Crippen LogP contribution in [0.1, 0.15) is 17.9 Å². The Hall–Kier alpha value is -1.57. The van der Waals surface area contributed by atoms with Crippen molar-refractivity contribution in [3.63, 3.8) is 0 Å². The molecule has 1 aliphatic rings. The van der Waals surface area contributed by atoms with Crippen molar-refractivity contribution in [3.05, 3.63) is 17.7 Å². The third kappa shape index (κ3) is 3.46. The second kappa shape index (κ2) is 5.20. The van der Waals surface area contributed by atoms with E-state index in [9.17, 15) is 13.2 Å². The lowest BCUT2D eigenvalue weighted by atomic mass is 10.2. The molecular formula is C11H18N4O3S. The van der Waals surface area contributed by atoms with Crippen molar-refractivity contribution < 1.29 is 13.2 Å². The molecule has 0 bridgehead atoms. The van der Waals surface area contributed by atoms with Gasteiger partial charge >= 0.3 is 6.03 Å². The van der Waals surface area contributed by atoms with Crippen LogP contribution in [0, 0.1) is 6.92 Å². The van der Waals surface area contributed by atoms with Gasteiger partial charge in [0.1, 0.15) is 5.82 Å². The lowest BCUT2D eigenvalue weighted by molar-refractivity contribution is 0.194. The summed E-state index contributed by atoms with van der Waals surface area (Å²) in [5.41, 5.74) is 0.930. The molecule has 106 valence electrons. The number of aromatic amines is 1. The normalized spacial score (nSPS) is 21.3. The highest BCUT2D eigenvalue weighted by Gasteiger charge is 2.32. The smallest absolute Gasteiger partial charge is 0.317 e. The van der Waals surface area contributed by atoms with Crippen molar-refractivity contribution in [2.45, 2.75) is 25.9 Å². The number of nitrogens with one attached hydrogen (secondary N) is 2. The average Bonchev–Trinajstić information content (AvgIpc) is 2.91. The number of nitrogens with zero attached hydrogens (tertiary/aromatic N) is 2. The molecule has 1 fully saturated rings. The minimum Gasteiger partial charge on any atom is -0.345 e. The van der Waals surface area contributed by atoms with Crippen LogP contribution in [0.4, 0.5) is 4.79 Å². The first-order valence-corrected chi connectivity index (χ1v) is 7.91. The van der Waals surface area contributed by atoms with E-state index in [1.54, 1.807) is 13.2 Å². The second-order valence-electron chi connectivity index (χ2n) is 4.84. The van der Waals surface area contributed by atoms with Gasteiger partial charge in [-0.15, -0.1) is 0 Å². The number of urea groups is 1. The van der Waals surface area contributed by atoms with Crippen molar-refractivity contribution in [2.24, 2.45) is 0 Å². The van der Waals surface area contributed by atoms with Gasteiger partial charge in [-0.2, -0.15) is 0 Å². The number of imidazole rings is 1. The number of carbonyl (C=O) groups is 1. The summed E-state index contributed by atoms with van der Waals surface area (Å²) >= 11 is 0. The predicted molar refractivity (Wildman–Crippen MR) is 70.4 cm³/mol. The fourth-order valence-corrected chi connectivity index (χ4v) is 3.86. The van der Waals surface area contributed by atoms with Crippen LogP contribution in [-0.2, 0) is 16.4 Å². The summed E-state index contributed by atoms with van der Waals surface area (Å²) in [5.74, 6) is 0.891. The van der Waals surface area contributed by atoms with Gasteiger partial charge in [-0.05, 0) is 13.3 Å². The molecule has 2 rings (SSSR count). The molecule has 1 aromatic heterocycles. The van der Waals surface area contributed by atoms with Gasteiger partial charge in [-0.1, -0.05) is 0 Å². The van der Waals surface area contributed by atoms with Crippen LogP contribution < -0.4 is 5.32 Å². The van der Waals surface area contributed by atoms with Crippen molar-refractivity contribution >= 4 is 15.9 Å². The molecule has 1 atom stereocenters. The molecule has 0 radical (unpaired) electrons. The van der Waals surface area contributed by atoms with E-state index in [0.717, 1.165) is 5.69 Å². The van der Waals surface area contributed by atoms with E-state index in [2.05, 4.69) is 15.3 Å². The number of hydrogen-bond acceptors (Lipinski definition) is 4. The summed E-state index contributed by atoms with van der Waals surface area (Å²) in [7, 11) is -1.36. The first-order valence-electron chi connectivity index (χ1n) is 6.09. The zero-order valence-corrected chi connectivity index (χ0v) is 11.8. The molecule has 1 unspecified atom stereocenters. The minimum atomic E-state index is -2.98. The maximum absolute atomic E-state index is 11.9. The Morgan fingerprint density at radius 2 is 2.37 bits per heavy atom. The van der Waals surface area contributed by atoms with Gasteiger partial charge in [0.05, 0.1) is 18.1 Å². The summed E-state index contributed by atoms with van der Waals surface area (Å²) in [4.78, 5) is 20.5. The predicted octanol–water partition coefficient (Wildman–Crippen LogP) is 0.0466. The Morgan fingerprint density at radius 1 is 1.63 bits per heavy atom. The minimum absolute atomic E-state index is 0.0524. The van der Waals surface area contributed by atoms with Crippen molar-refractivity contribution in [3.8, 4) is 0 Å². The third-order valence-electron chi connectivity index (χ3n) is 3.24. The molecule has 2 amide bonds. The van der Waals surface area contributed by atoms with Gasteiger partial charge in [0.15, 0.2) is 9.84 Å². The van der Waals surface area contributed by atoms with E-state index >= 15 is 0 Å². The van der Waals surface area contributed by atoms with Gasteiger partial charge in [0.25, 0.3) is 0 Å². The number of aromatic nitrogens is 2. The number of H-pyrrole nitrogens is 1. The van der Waals surface area contributed by atoms with Crippen LogP contribution in [0.25, 0.3) is 0 Å². The zero-order chi connectivity index (χ0) is 14.0. The first-order chi connectivity index (χ1) is 8.87. The van der Waals surface area contributed by atoms with Crippen LogP contribution in [0.5, 0.6) is 0 Å². The summed E-state index contributed by atoms with van der Waals surface area (Å²) < 4.78 is 22.8. The Morgan fingerprint density at radius 3 is 2.89 bits per heavy atom. The summed E-state index contributed by atoms with van der Waals surface area (Å²) in [5, 5.41) is 2.71. The van der Waals surface area contributed by atoms with Crippen molar-refractivity contribution in [1.29, 1.82) is 0 Å². The maximum Gasteiger partial charge on any atom is 0.317 e. The Balaban J connectivity index is 1.86. The van der Waals surface area contributed by atoms with E-state index in [4.69, 9.17) is 0 Å². The highest BCUT2D eigenvalue weighted by molar-refractivity contribution is 7.91. The Kier molecular flexibility index (Phi) is 3.79. The highest BCUT2D eigenvalue weighted by atomic mass is 32.2. The van der Waals surface area contributed by atoms with E-state index in [0.29, 0.717) is 18.8 Å². The second-order valence-corrected chi connectivity index (χ2v) is 7.07. The lowest BCUT2D eigenvalue weighted by Gasteiger charge is -2.23. The van der Waals surface area contributed by atoms with E-state index in [1.165, 1.54) is 4.90 Å². The molecule has 0 saturated carbocycles. The first kappa shape index (κ1) is 13.9. The molecule has 0 spiro atoms. The molecule has 0 aliphatic carbocycles.